The molecule has 2 aromatic rings. The summed E-state index contributed by atoms with van der Waals surface area (Å²) >= 11 is 0. The molecule has 0 unspecified atom stereocenters. The number of aryl methyl sites for hydroxylation is 1. The molecule has 5 nitrogen and oxygen atoms in total. The highest BCUT2D eigenvalue weighted by Crippen LogP contribution is 2.12. The van der Waals surface area contributed by atoms with Crippen LogP contribution in [0.25, 0.3) is 0 Å². The maximum Gasteiger partial charge on any atom is 0.157 e. The Labute approximate surface area is 112 Å². The van der Waals surface area contributed by atoms with Crippen molar-refractivity contribution in [1.29, 1.82) is 0 Å². The highest BCUT2D eigenvalue weighted by atomic mass is 16.5. The van der Waals surface area contributed by atoms with Gasteiger partial charge in [0.25, 0.3) is 0 Å². The molecule has 1 heterocycles. The van der Waals surface area contributed by atoms with Gasteiger partial charge in [0.05, 0.1) is 12.4 Å². The number of aromatic nitrogens is 2. The Morgan fingerprint density at radius 1 is 1.11 bits per heavy atom. The summed E-state index contributed by atoms with van der Waals surface area (Å²) in [7, 11) is 1.85. The molecule has 5 heteroatoms. The quantitative estimate of drug-likeness (QED) is 0.765. The fourth-order valence-electron chi connectivity index (χ4n) is 1.71. The fraction of sp³-hybridized carbons (Fsp3) is 0.357. The molecule has 0 saturated carbocycles. The predicted molar refractivity (Wildman–Crippen MR) is 73.4 cm³/mol. The molecular weight excluding hydrogens is 242 g/mol. The van der Waals surface area contributed by atoms with Gasteiger partial charge in [-0.1, -0.05) is 12.1 Å². The monoisotopic (exact) mass is 261 g/mol. The number of hydrogen-bond donors (Lipinski definition) is 1. The Hall–Kier alpha value is -2.01. The van der Waals surface area contributed by atoms with E-state index < -0.39 is 0 Å². The number of benzene rings is 1. The molecule has 1 aromatic carbocycles. The van der Waals surface area contributed by atoms with E-state index in [-0.39, 0.29) is 0 Å². The first-order valence-electron chi connectivity index (χ1n) is 6.31. The van der Waals surface area contributed by atoms with Crippen LogP contribution in [0, 0.1) is 0 Å². The van der Waals surface area contributed by atoms with E-state index in [1.807, 2.05) is 37.5 Å². The van der Waals surface area contributed by atoms with Gasteiger partial charge >= 0.3 is 0 Å². The Balaban J connectivity index is 1.70. The molecule has 102 valence electrons. The third-order valence-electron chi connectivity index (χ3n) is 2.66. The van der Waals surface area contributed by atoms with E-state index in [0.717, 1.165) is 17.9 Å². The lowest BCUT2D eigenvalue weighted by atomic mass is 10.1. The Morgan fingerprint density at radius 2 is 1.79 bits per heavy atom. The summed E-state index contributed by atoms with van der Waals surface area (Å²) in [6, 6.07) is 7.97. The SMILES string of the molecule is Cn1cc(OCCOc2ccc(CCN)cc2)cn1. The molecule has 19 heavy (non-hydrogen) atoms. The standard InChI is InChI=1S/C14H19N3O2/c1-17-11-14(10-16-17)19-9-8-18-13-4-2-12(3-5-13)6-7-15/h2-5,10-11H,6-9,15H2,1H3. The Morgan fingerprint density at radius 3 is 2.37 bits per heavy atom. The van der Waals surface area contributed by atoms with Crippen molar-refractivity contribution in [3.05, 3.63) is 42.2 Å². The second-order valence-electron chi connectivity index (χ2n) is 4.23. The number of ether oxygens (including phenoxy) is 2. The van der Waals surface area contributed by atoms with Gasteiger partial charge in [-0.25, -0.2) is 0 Å². The minimum Gasteiger partial charge on any atom is -0.490 e. The number of nitrogens with zero attached hydrogens (tertiary/aromatic N) is 2. The van der Waals surface area contributed by atoms with Gasteiger partial charge in [0, 0.05) is 7.05 Å². The van der Waals surface area contributed by atoms with Crippen molar-refractivity contribution < 1.29 is 9.47 Å². The van der Waals surface area contributed by atoms with Crippen LogP contribution >= 0.6 is 0 Å². The molecule has 0 aliphatic heterocycles. The molecule has 0 bridgehead atoms. The lowest BCUT2D eigenvalue weighted by Crippen LogP contribution is -2.08. The van der Waals surface area contributed by atoms with Crippen molar-refractivity contribution in [2.75, 3.05) is 19.8 Å². The van der Waals surface area contributed by atoms with E-state index in [1.54, 1.807) is 10.9 Å². The van der Waals surface area contributed by atoms with Crippen LogP contribution in [0.15, 0.2) is 36.7 Å². The van der Waals surface area contributed by atoms with Crippen LogP contribution in [-0.4, -0.2) is 29.5 Å². The summed E-state index contributed by atoms with van der Waals surface area (Å²) in [5.41, 5.74) is 6.72. The van der Waals surface area contributed by atoms with Crippen LogP contribution in [0.5, 0.6) is 11.5 Å². The van der Waals surface area contributed by atoms with E-state index in [1.165, 1.54) is 5.56 Å². The molecular formula is C14H19N3O2. The lowest BCUT2D eigenvalue weighted by Gasteiger charge is -2.07. The molecule has 0 fully saturated rings. The zero-order valence-corrected chi connectivity index (χ0v) is 11.1. The zero-order valence-electron chi connectivity index (χ0n) is 11.1. The van der Waals surface area contributed by atoms with Crippen molar-refractivity contribution in [3.8, 4) is 11.5 Å². The first-order chi connectivity index (χ1) is 9.28. The van der Waals surface area contributed by atoms with Crippen molar-refractivity contribution in [1.82, 2.24) is 9.78 Å². The molecule has 0 aliphatic carbocycles. The van der Waals surface area contributed by atoms with Crippen molar-refractivity contribution in [3.63, 3.8) is 0 Å². The summed E-state index contributed by atoms with van der Waals surface area (Å²) in [4.78, 5) is 0. The highest BCUT2D eigenvalue weighted by Gasteiger charge is 1.98. The van der Waals surface area contributed by atoms with Gasteiger partial charge in [-0.3, -0.25) is 4.68 Å². The number of hydrogen-bond acceptors (Lipinski definition) is 4. The minimum absolute atomic E-state index is 0.496. The van der Waals surface area contributed by atoms with Crippen molar-refractivity contribution >= 4 is 0 Å². The Kier molecular flexibility index (Phi) is 4.80. The van der Waals surface area contributed by atoms with Crippen LogP contribution in [0.2, 0.25) is 0 Å². The topological polar surface area (TPSA) is 62.3 Å². The van der Waals surface area contributed by atoms with E-state index in [0.29, 0.717) is 19.8 Å². The van der Waals surface area contributed by atoms with E-state index >= 15 is 0 Å². The summed E-state index contributed by atoms with van der Waals surface area (Å²) in [6.45, 7) is 1.67. The first kappa shape index (κ1) is 13.4. The van der Waals surface area contributed by atoms with Gasteiger partial charge in [-0.2, -0.15) is 5.10 Å². The smallest absolute Gasteiger partial charge is 0.157 e. The number of rotatable bonds is 7. The lowest BCUT2D eigenvalue weighted by molar-refractivity contribution is 0.217. The largest absolute Gasteiger partial charge is 0.490 e. The zero-order chi connectivity index (χ0) is 13.5. The number of nitrogens with two attached hydrogens (primary N) is 1. The van der Waals surface area contributed by atoms with E-state index in [9.17, 15) is 0 Å². The molecule has 0 amide bonds. The molecule has 0 saturated heterocycles. The molecule has 2 N–H and O–H groups in total. The van der Waals surface area contributed by atoms with Gasteiger partial charge in [0.1, 0.15) is 19.0 Å². The molecule has 0 radical (unpaired) electrons. The third-order valence-corrected chi connectivity index (χ3v) is 2.66. The van der Waals surface area contributed by atoms with E-state index in [4.69, 9.17) is 15.2 Å². The third kappa shape index (κ3) is 4.30. The van der Waals surface area contributed by atoms with Crippen molar-refractivity contribution in [2.45, 2.75) is 6.42 Å². The summed E-state index contributed by atoms with van der Waals surface area (Å²) in [5, 5.41) is 4.02. The predicted octanol–water partition coefficient (Wildman–Crippen LogP) is 1.38. The second-order valence-corrected chi connectivity index (χ2v) is 4.23. The van der Waals surface area contributed by atoms with Gasteiger partial charge in [0.15, 0.2) is 5.75 Å². The normalized spacial score (nSPS) is 10.4. The molecule has 0 atom stereocenters. The summed E-state index contributed by atoms with van der Waals surface area (Å²) < 4.78 is 12.8. The maximum atomic E-state index is 5.58. The first-order valence-corrected chi connectivity index (χ1v) is 6.31. The molecule has 2 rings (SSSR count). The highest BCUT2D eigenvalue weighted by molar-refractivity contribution is 5.27. The van der Waals surface area contributed by atoms with Crippen LogP contribution in [0.4, 0.5) is 0 Å². The average Bonchev–Trinajstić information content (AvgIpc) is 2.83. The van der Waals surface area contributed by atoms with Gasteiger partial charge in [-0.05, 0) is 30.7 Å². The van der Waals surface area contributed by atoms with Crippen LogP contribution in [0.1, 0.15) is 5.56 Å². The fourth-order valence-corrected chi connectivity index (χ4v) is 1.71. The van der Waals surface area contributed by atoms with Gasteiger partial charge in [-0.15, -0.1) is 0 Å². The van der Waals surface area contributed by atoms with Gasteiger partial charge < -0.3 is 15.2 Å². The second kappa shape index (κ2) is 6.80. The van der Waals surface area contributed by atoms with Crippen LogP contribution < -0.4 is 15.2 Å². The average molecular weight is 261 g/mol. The molecule has 0 aliphatic rings. The molecule has 1 aromatic heterocycles. The minimum atomic E-state index is 0.496. The molecule has 0 spiro atoms. The van der Waals surface area contributed by atoms with Crippen molar-refractivity contribution in [2.24, 2.45) is 12.8 Å². The maximum absolute atomic E-state index is 5.58. The van der Waals surface area contributed by atoms with Gasteiger partial charge in [0.2, 0.25) is 0 Å². The van der Waals surface area contributed by atoms with Crippen LogP contribution in [0.3, 0.4) is 0 Å². The van der Waals surface area contributed by atoms with Crippen LogP contribution in [-0.2, 0) is 13.5 Å². The Bertz CT molecular complexity index is 494. The summed E-state index contributed by atoms with van der Waals surface area (Å²) in [6.07, 6.45) is 4.40. The van der Waals surface area contributed by atoms with E-state index in [2.05, 4.69) is 5.10 Å². The summed E-state index contributed by atoms with van der Waals surface area (Å²) in [5.74, 6) is 1.60.